The van der Waals surface area contributed by atoms with Crippen LogP contribution in [0.5, 0.6) is 0 Å². The Morgan fingerprint density at radius 2 is 1.26 bits per heavy atom. The van der Waals surface area contributed by atoms with Crippen molar-refractivity contribution in [2.45, 2.75) is 6.85 Å². The molecule has 0 amide bonds. The molecule has 1 heterocycles. The Hall–Kier alpha value is -5.47. The lowest BCUT2D eigenvalue weighted by Crippen LogP contribution is -2.00. The monoisotopic (exact) mass is 544 g/mol. The van der Waals surface area contributed by atoms with Crippen molar-refractivity contribution in [2.24, 2.45) is 0 Å². The van der Waals surface area contributed by atoms with Gasteiger partial charge in [0.25, 0.3) is 0 Å². The van der Waals surface area contributed by atoms with Gasteiger partial charge >= 0.3 is 0 Å². The predicted molar refractivity (Wildman–Crippen MR) is 177 cm³/mol. The highest BCUT2D eigenvalue weighted by atomic mass is 15.1. The molecule has 0 unspecified atom stereocenters. The maximum atomic E-state index is 9.01. The SMILES string of the molecule is [2H]c1c([2H])c([2H])c(-c2c3ccccc3c(-c3ccccc3-n3c(C([2H])([2H])[2H])nc4ccccc43)c3ccc(-c4ccccc4)cc23)c([2H])c1[2H]. The van der Waals surface area contributed by atoms with Crippen molar-refractivity contribution < 1.29 is 11.0 Å². The smallest absolute Gasteiger partial charge is 0.111 e. The molecule has 7 aromatic carbocycles. The standard InChI is InChI=1S/C40H28N2/c1-27-41-36-21-11-13-23-38(36)42(27)37-22-12-10-20-34(37)40-32-19-9-8-18-31(32)39(29-16-6-3-7-17-29)35-26-30(24-25-33(35)40)28-14-4-2-5-15-28/h2-26H,1H3/i1D3,3D,6D,7D,16D,17D. The van der Waals surface area contributed by atoms with Crippen molar-refractivity contribution >= 4 is 32.6 Å². The summed E-state index contributed by atoms with van der Waals surface area (Å²) < 4.78 is 70.4. The average Bonchev–Trinajstić information content (AvgIpc) is 3.54. The van der Waals surface area contributed by atoms with E-state index in [0.29, 0.717) is 33.1 Å². The molecule has 0 saturated carbocycles. The molecule has 42 heavy (non-hydrogen) atoms. The highest BCUT2D eigenvalue weighted by molar-refractivity contribution is 6.22. The van der Waals surface area contributed by atoms with E-state index in [2.05, 4.69) is 4.98 Å². The van der Waals surface area contributed by atoms with E-state index < -0.39 is 25.0 Å². The molecule has 198 valence electrons. The fourth-order valence-electron chi connectivity index (χ4n) is 6.07. The van der Waals surface area contributed by atoms with Crippen molar-refractivity contribution in [1.29, 1.82) is 0 Å². The number of imidazole rings is 1. The second-order valence-corrected chi connectivity index (χ2v) is 10.2. The van der Waals surface area contributed by atoms with Crippen molar-refractivity contribution in [1.82, 2.24) is 9.55 Å². The van der Waals surface area contributed by atoms with Gasteiger partial charge in [0.15, 0.2) is 0 Å². The normalized spacial score (nSPS) is 14.5. The van der Waals surface area contributed by atoms with Gasteiger partial charge in [-0.15, -0.1) is 0 Å². The molecule has 0 aliphatic heterocycles. The first kappa shape index (κ1) is 17.4. The van der Waals surface area contributed by atoms with Crippen LogP contribution in [0.1, 0.15) is 16.8 Å². The molecule has 0 bridgehead atoms. The van der Waals surface area contributed by atoms with Gasteiger partial charge in [-0.1, -0.05) is 127 Å². The fourth-order valence-corrected chi connectivity index (χ4v) is 6.07. The first-order chi connectivity index (χ1) is 24.1. The number of aryl methyl sites for hydroxylation is 1. The number of rotatable bonds is 4. The zero-order chi connectivity index (χ0) is 34.9. The highest BCUT2D eigenvalue weighted by Crippen LogP contribution is 2.46. The number of benzene rings is 7. The zero-order valence-electron chi connectivity index (χ0n) is 30.4. The molecule has 0 N–H and O–H groups in total. The van der Waals surface area contributed by atoms with Crippen LogP contribution in [0, 0.1) is 6.85 Å². The minimum absolute atomic E-state index is 0.0538. The van der Waals surface area contributed by atoms with Crippen LogP contribution < -0.4 is 0 Å². The second-order valence-electron chi connectivity index (χ2n) is 10.2. The molecular formula is C40H28N2. The summed E-state index contributed by atoms with van der Waals surface area (Å²) in [6.07, 6.45) is 0. The molecule has 0 fully saturated rings. The fraction of sp³-hybridized carbons (Fsp3) is 0.0250. The van der Waals surface area contributed by atoms with Crippen LogP contribution in [-0.4, -0.2) is 9.55 Å². The van der Waals surface area contributed by atoms with E-state index in [1.165, 1.54) is 0 Å². The van der Waals surface area contributed by atoms with Gasteiger partial charge < -0.3 is 0 Å². The van der Waals surface area contributed by atoms with Crippen LogP contribution in [0.3, 0.4) is 0 Å². The molecule has 2 heteroatoms. The molecular weight excluding hydrogens is 508 g/mol. The maximum Gasteiger partial charge on any atom is 0.111 e. The zero-order valence-corrected chi connectivity index (χ0v) is 22.4. The summed E-state index contributed by atoms with van der Waals surface area (Å²) >= 11 is 0. The van der Waals surface area contributed by atoms with Gasteiger partial charge in [0, 0.05) is 9.68 Å². The van der Waals surface area contributed by atoms with Crippen LogP contribution in [0.15, 0.2) is 152 Å². The molecule has 0 radical (unpaired) electrons. The number of nitrogens with zero attached hydrogens (tertiary/aromatic N) is 2. The molecule has 2 nitrogen and oxygen atoms in total. The first-order valence-electron chi connectivity index (χ1n) is 17.7. The number of aromatic nitrogens is 2. The van der Waals surface area contributed by atoms with Gasteiger partial charge in [0.05, 0.1) is 23.6 Å². The quantitative estimate of drug-likeness (QED) is 0.202. The Labute approximate surface area is 256 Å². The minimum Gasteiger partial charge on any atom is -0.296 e. The van der Waals surface area contributed by atoms with Gasteiger partial charge in [0.1, 0.15) is 5.82 Å². The Bertz CT molecular complexity index is 2610. The van der Waals surface area contributed by atoms with Crippen molar-refractivity contribution in [3.05, 3.63) is 157 Å². The maximum absolute atomic E-state index is 9.01. The third-order valence-electron chi connectivity index (χ3n) is 7.86. The van der Waals surface area contributed by atoms with Crippen LogP contribution in [0.4, 0.5) is 0 Å². The summed E-state index contributed by atoms with van der Waals surface area (Å²) in [4.78, 5) is 4.57. The summed E-state index contributed by atoms with van der Waals surface area (Å²) in [5, 5.41) is 2.94. The lowest BCUT2D eigenvalue weighted by atomic mass is 9.84. The molecule has 0 atom stereocenters. The lowest BCUT2D eigenvalue weighted by molar-refractivity contribution is 1.00. The summed E-state index contributed by atoms with van der Waals surface area (Å²) in [5.74, 6) is -0.0538. The van der Waals surface area contributed by atoms with Gasteiger partial charge in [-0.05, 0) is 80.5 Å². The number of hydrogen-bond donors (Lipinski definition) is 0. The summed E-state index contributed by atoms with van der Waals surface area (Å²) in [6, 6.07) is 36.7. The van der Waals surface area contributed by atoms with Gasteiger partial charge in [-0.3, -0.25) is 4.57 Å². The Morgan fingerprint density at radius 1 is 0.571 bits per heavy atom. The molecule has 8 aromatic rings. The number of hydrogen-bond acceptors (Lipinski definition) is 1. The minimum atomic E-state index is -2.51. The van der Waals surface area contributed by atoms with Crippen molar-refractivity contribution in [2.75, 3.05) is 0 Å². The van der Waals surface area contributed by atoms with Gasteiger partial charge in [0.2, 0.25) is 0 Å². The van der Waals surface area contributed by atoms with E-state index >= 15 is 0 Å². The van der Waals surface area contributed by atoms with E-state index in [-0.39, 0.29) is 23.5 Å². The van der Waals surface area contributed by atoms with Crippen LogP contribution in [0.2, 0.25) is 0 Å². The van der Waals surface area contributed by atoms with E-state index in [1.807, 2.05) is 115 Å². The summed E-state index contributed by atoms with van der Waals surface area (Å²) in [5.41, 5.74) is 5.92. The van der Waals surface area contributed by atoms with Gasteiger partial charge in [-0.25, -0.2) is 4.98 Å². The third kappa shape index (κ3) is 3.84. The lowest BCUT2D eigenvalue weighted by Gasteiger charge is -2.21. The largest absolute Gasteiger partial charge is 0.296 e. The van der Waals surface area contributed by atoms with E-state index in [9.17, 15) is 0 Å². The Balaban J connectivity index is 1.56. The number of para-hydroxylation sites is 3. The van der Waals surface area contributed by atoms with Crippen LogP contribution >= 0.6 is 0 Å². The molecule has 0 spiro atoms. The van der Waals surface area contributed by atoms with Crippen molar-refractivity contribution in [3.63, 3.8) is 0 Å². The van der Waals surface area contributed by atoms with E-state index in [1.54, 1.807) is 10.6 Å². The van der Waals surface area contributed by atoms with E-state index in [4.69, 9.17) is 11.0 Å². The second kappa shape index (κ2) is 9.87. The van der Waals surface area contributed by atoms with E-state index in [0.717, 1.165) is 33.0 Å². The third-order valence-corrected chi connectivity index (χ3v) is 7.86. The summed E-state index contributed by atoms with van der Waals surface area (Å²) in [7, 11) is 0. The highest BCUT2D eigenvalue weighted by Gasteiger charge is 2.20. The first-order valence-corrected chi connectivity index (χ1v) is 13.7. The predicted octanol–water partition coefficient (Wildman–Crippen LogP) is 10.6. The molecule has 0 aliphatic rings. The molecule has 8 rings (SSSR count). The van der Waals surface area contributed by atoms with Crippen LogP contribution in [-0.2, 0) is 0 Å². The average molecular weight is 545 g/mol. The Morgan fingerprint density at radius 3 is 2.10 bits per heavy atom. The Kier molecular flexibility index (Phi) is 4.08. The van der Waals surface area contributed by atoms with Crippen LogP contribution in [0.25, 0.3) is 71.6 Å². The number of fused-ring (bicyclic) bond motifs is 3. The van der Waals surface area contributed by atoms with Crippen molar-refractivity contribution in [3.8, 4) is 39.1 Å². The molecule has 0 saturated heterocycles. The molecule has 0 aliphatic carbocycles. The van der Waals surface area contributed by atoms with Gasteiger partial charge in [-0.2, -0.15) is 0 Å². The topological polar surface area (TPSA) is 17.8 Å². The molecule has 1 aromatic heterocycles. The summed E-state index contributed by atoms with van der Waals surface area (Å²) in [6.45, 7) is -2.51.